The Morgan fingerprint density at radius 3 is 2.48 bits per heavy atom. The van der Waals surface area contributed by atoms with Gasteiger partial charge in [-0.1, -0.05) is 38.0 Å². The van der Waals surface area contributed by atoms with E-state index in [4.69, 9.17) is 9.47 Å². The van der Waals surface area contributed by atoms with E-state index in [1.54, 1.807) is 18.0 Å². The first-order valence-electron chi connectivity index (χ1n) is 11.3. The van der Waals surface area contributed by atoms with E-state index in [-0.39, 0.29) is 18.6 Å². The molecule has 0 saturated heterocycles. The molecule has 1 heterocycles. The quantitative estimate of drug-likeness (QED) is 0.543. The summed E-state index contributed by atoms with van der Waals surface area (Å²) in [6.45, 7) is 1.83. The molecule has 0 radical (unpaired) electrons. The van der Waals surface area contributed by atoms with Crippen LogP contribution in [0.1, 0.15) is 43.0 Å². The number of aromatic nitrogens is 2. The van der Waals surface area contributed by atoms with Gasteiger partial charge in [0.05, 0.1) is 12.8 Å². The van der Waals surface area contributed by atoms with Gasteiger partial charge < -0.3 is 14.8 Å². The highest BCUT2D eigenvalue weighted by molar-refractivity contribution is 5.97. The molecular formula is C26H29N3O4. The molecule has 172 valence electrons. The third-order valence-corrected chi connectivity index (χ3v) is 6.11. The van der Waals surface area contributed by atoms with Crippen molar-refractivity contribution in [1.82, 2.24) is 15.1 Å². The number of para-hydroxylation sites is 1. The molecule has 1 aromatic heterocycles. The molecule has 1 aliphatic rings. The first-order chi connectivity index (χ1) is 16.0. The number of rotatable bonds is 7. The van der Waals surface area contributed by atoms with Crippen LogP contribution in [-0.4, -0.2) is 41.4 Å². The van der Waals surface area contributed by atoms with Crippen molar-refractivity contribution >= 4 is 11.9 Å². The number of amides is 1. The number of nitrogens with one attached hydrogen (secondary N) is 1. The first-order valence-corrected chi connectivity index (χ1v) is 11.3. The predicted octanol–water partition coefficient (Wildman–Crippen LogP) is 4.40. The molecule has 1 amide bonds. The molecule has 33 heavy (non-hydrogen) atoms. The predicted molar refractivity (Wildman–Crippen MR) is 125 cm³/mol. The highest BCUT2D eigenvalue weighted by atomic mass is 16.5. The fourth-order valence-electron chi connectivity index (χ4n) is 4.19. The summed E-state index contributed by atoms with van der Waals surface area (Å²) >= 11 is 0. The average Bonchev–Trinajstić information content (AvgIpc) is 3.30. The Morgan fingerprint density at radius 2 is 1.79 bits per heavy atom. The lowest BCUT2D eigenvalue weighted by Crippen LogP contribution is -2.42. The Kier molecular flexibility index (Phi) is 7.07. The van der Waals surface area contributed by atoms with Gasteiger partial charge in [0.15, 0.2) is 6.61 Å². The molecule has 2 atom stereocenters. The Labute approximate surface area is 193 Å². The van der Waals surface area contributed by atoms with Gasteiger partial charge in [-0.05, 0) is 55.2 Å². The Morgan fingerprint density at radius 1 is 1.06 bits per heavy atom. The molecule has 0 spiro atoms. The topological polar surface area (TPSA) is 82.5 Å². The molecule has 1 N–H and O–H groups in total. The van der Waals surface area contributed by atoms with E-state index >= 15 is 0 Å². The van der Waals surface area contributed by atoms with Gasteiger partial charge in [-0.3, -0.25) is 4.79 Å². The van der Waals surface area contributed by atoms with Gasteiger partial charge >= 0.3 is 5.97 Å². The molecule has 1 fully saturated rings. The molecule has 0 aliphatic heterocycles. The van der Waals surface area contributed by atoms with E-state index < -0.39 is 5.97 Å². The van der Waals surface area contributed by atoms with E-state index in [1.165, 1.54) is 6.42 Å². The summed E-state index contributed by atoms with van der Waals surface area (Å²) in [5.41, 5.74) is 2.34. The van der Waals surface area contributed by atoms with Gasteiger partial charge in [0.2, 0.25) is 0 Å². The normalized spacial score (nSPS) is 17.9. The summed E-state index contributed by atoms with van der Waals surface area (Å²) in [5, 5.41) is 7.65. The largest absolute Gasteiger partial charge is 0.497 e. The highest BCUT2D eigenvalue weighted by Crippen LogP contribution is 2.27. The number of carbonyl (C=O) groups excluding carboxylic acids is 2. The van der Waals surface area contributed by atoms with E-state index in [0.717, 1.165) is 30.5 Å². The number of hydrogen-bond acceptors (Lipinski definition) is 5. The van der Waals surface area contributed by atoms with Crippen LogP contribution in [-0.2, 0) is 9.53 Å². The molecule has 7 heteroatoms. The summed E-state index contributed by atoms with van der Waals surface area (Å²) in [7, 11) is 1.60. The number of methoxy groups -OCH3 is 1. The van der Waals surface area contributed by atoms with Crippen LogP contribution < -0.4 is 10.1 Å². The fraction of sp³-hybridized carbons (Fsp3) is 0.346. The van der Waals surface area contributed by atoms with Gasteiger partial charge in [0.1, 0.15) is 17.0 Å². The number of benzene rings is 2. The maximum atomic E-state index is 13.0. The number of esters is 1. The smallest absolute Gasteiger partial charge is 0.342 e. The van der Waals surface area contributed by atoms with Gasteiger partial charge in [0.25, 0.3) is 5.91 Å². The molecule has 7 nitrogen and oxygen atoms in total. The van der Waals surface area contributed by atoms with E-state index in [9.17, 15) is 9.59 Å². The second kappa shape index (κ2) is 10.3. The molecule has 0 bridgehead atoms. The summed E-state index contributed by atoms with van der Waals surface area (Å²) in [6.07, 6.45) is 6.01. The highest BCUT2D eigenvalue weighted by Gasteiger charge is 2.24. The third-order valence-electron chi connectivity index (χ3n) is 6.11. The van der Waals surface area contributed by atoms with E-state index in [1.807, 2.05) is 54.6 Å². The lowest BCUT2D eigenvalue weighted by molar-refractivity contribution is -0.125. The monoisotopic (exact) mass is 447 g/mol. The molecule has 1 aliphatic carbocycles. The maximum Gasteiger partial charge on any atom is 0.342 e. The lowest BCUT2D eigenvalue weighted by Gasteiger charge is -2.29. The SMILES string of the molecule is COc1ccc(-c2nn(-c3ccccc3)cc2C(=O)OCC(=O)N[C@@H]2CCCC[C@@H]2C)cc1. The van der Waals surface area contributed by atoms with Crippen molar-refractivity contribution in [1.29, 1.82) is 0 Å². The summed E-state index contributed by atoms with van der Waals surface area (Å²) in [6, 6.07) is 17.0. The minimum atomic E-state index is -0.588. The van der Waals surface area contributed by atoms with Crippen LogP contribution in [0.5, 0.6) is 5.75 Å². The van der Waals surface area contributed by atoms with Crippen LogP contribution in [0.3, 0.4) is 0 Å². The zero-order chi connectivity index (χ0) is 23.2. The lowest BCUT2D eigenvalue weighted by atomic mass is 9.86. The average molecular weight is 448 g/mol. The van der Waals surface area contributed by atoms with Crippen molar-refractivity contribution in [3.05, 3.63) is 66.4 Å². The summed E-state index contributed by atoms with van der Waals surface area (Å²) in [4.78, 5) is 25.4. The summed E-state index contributed by atoms with van der Waals surface area (Å²) in [5.74, 6) is 0.279. The van der Waals surface area contributed by atoms with Crippen LogP contribution >= 0.6 is 0 Å². The minimum Gasteiger partial charge on any atom is -0.497 e. The first kappa shape index (κ1) is 22.6. The van der Waals surface area contributed by atoms with Crippen LogP contribution in [0.15, 0.2) is 60.8 Å². The summed E-state index contributed by atoms with van der Waals surface area (Å²) < 4.78 is 12.3. The maximum absolute atomic E-state index is 13.0. The van der Waals surface area contributed by atoms with E-state index in [0.29, 0.717) is 22.9 Å². The number of hydrogen-bond donors (Lipinski definition) is 1. The number of carbonyl (C=O) groups is 2. The third kappa shape index (κ3) is 5.42. The van der Waals surface area contributed by atoms with Crippen LogP contribution in [0.2, 0.25) is 0 Å². The Bertz CT molecular complexity index is 1090. The van der Waals surface area contributed by atoms with Gasteiger partial charge in [0, 0.05) is 17.8 Å². The zero-order valence-corrected chi connectivity index (χ0v) is 19.0. The zero-order valence-electron chi connectivity index (χ0n) is 19.0. The van der Waals surface area contributed by atoms with Crippen molar-refractivity contribution in [2.24, 2.45) is 5.92 Å². The number of ether oxygens (including phenoxy) is 2. The van der Waals surface area contributed by atoms with Crippen LogP contribution in [0.25, 0.3) is 16.9 Å². The van der Waals surface area contributed by atoms with Crippen LogP contribution in [0, 0.1) is 5.92 Å². The van der Waals surface area contributed by atoms with Crippen molar-refractivity contribution in [2.45, 2.75) is 38.6 Å². The molecule has 4 rings (SSSR count). The standard InChI is InChI=1S/C26H29N3O4/c1-18-8-6-7-11-23(18)27-24(30)17-33-26(31)22-16-29(20-9-4-3-5-10-20)28-25(22)19-12-14-21(32-2)15-13-19/h3-5,9-10,12-16,18,23H,6-8,11,17H2,1-2H3,(H,27,30)/t18-,23+/m0/s1. The number of nitrogens with zero attached hydrogens (tertiary/aromatic N) is 2. The van der Waals surface area contributed by atoms with Gasteiger partial charge in [-0.15, -0.1) is 0 Å². The Hall–Kier alpha value is -3.61. The second-order valence-electron chi connectivity index (χ2n) is 8.41. The van der Waals surface area contributed by atoms with E-state index in [2.05, 4.69) is 17.3 Å². The van der Waals surface area contributed by atoms with Gasteiger partial charge in [-0.25, -0.2) is 9.48 Å². The van der Waals surface area contributed by atoms with Crippen LogP contribution in [0.4, 0.5) is 0 Å². The molecule has 0 unspecified atom stereocenters. The minimum absolute atomic E-state index is 0.139. The molecular weight excluding hydrogens is 418 g/mol. The fourth-order valence-corrected chi connectivity index (χ4v) is 4.19. The van der Waals surface area contributed by atoms with Crippen molar-refractivity contribution < 1.29 is 19.1 Å². The molecule has 1 saturated carbocycles. The van der Waals surface area contributed by atoms with Crippen molar-refractivity contribution in [2.75, 3.05) is 13.7 Å². The second-order valence-corrected chi connectivity index (χ2v) is 8.41. The molecule has 3 aromatic rings. The Balaban J connectivity index is 1.52. The van der Waals surface area contributed by atoms with Gasteiger partial charge in [-0.2, -0.15) is 5.10 Å². The van der Waals surface area contributed by atoms with Crippen molar-refractivity contribution in [3.8, 4) is 22.7 Å². The van der Waals surface area contributed by atoms with Crippen molar-refractivity contribution in [3.63, 3.8) is 0 Å². The molecule has 2 aromatic carbocycles.